The third-order valence-electron chi connectivity index (χ3n) is 7.55. The van der Waals surface area contributed by atoms with E-state index in [0.717, 1.165) is 88.2 Å². The highest BCUT2D eigenvalue weighted by atomic mass is 16.7. The number of hydrogen-bond donors (Lipinski definition) is 1. The van der Waals surface area contributed by atoms with Crippen molar-refractivity contribution in [2.45, 2.75) is 39.0 Å². The number of likely N-dealkylation sites (tertiary alicyclic amines) is 1. The maximum atomic E-state index is 12.8. The predicted molar refractivity (Wildman–Crippen MR) is 151 cm³/mol. The van der Waals surface area contributed by atoms with Crippen LogP contribution in [-0.2, 0) is 11.3 Å². The molecule has 5 heterocycles. The number of aromatic nitrogens is 2. The van der Waals surface area contributed by atoms with Crippen molar-refractivity contribution in [2.24, 2.45) is 5.10 Å². The molecule has 0 bridgehead atoms. The lowest BCUT2D eigenvalue weighted by molar-refractivity contribution is -0.0431. The summed E-state index contributed by atoms with van der Waals surface area (Å²) in [7, 11) is 0. The van der Waals surface area contributed by atoms with Crippen LogP contribution in [0.25, 0.3) is 0 Å². The van der Waals surface area contributed by atoms with Crippen LogP contribution in [0.1, 0.15) is 38.1 Å². The number of hydrazone groups is 1. The van der Waals surface area contributed by atoms with Crippen LogP contribution < -0.4 is 19.8 Å². The monoisotopic (exact) mass is 550 g/mol. The Hall–Kier alpha value is -3.64. The average molecular weight is 551 g/mol. The number of piperazine rings is 1. The Kier molecular flexibility index (Phi) is 7.61. The molecule has 0 atom stereocenters. The number of carbonyl (C=O) groups is 1. The molecule has 1 N–H and O–H groups in total. The first-order valence-corrected chi connectivity index (χ1v) is 14.2. The van der Waals surface area contributed by atoms with Crippen LogP contribution in [0.4, 0.5) is 16.4 Å². The second-order valence-electron chi connectivity index (χ2n) is 11.0. The van der Waals surface area contributed by atoms with Crippen molar-refractivity contribution in [1.82, 2.24) is 24.7 Å². The van der Waals surface area contributed by atoms with E-state index in [1.54, 1.807) is 6.21 Å². The van der Waals surface area contributed by atoms with E-state index in [1.165, 1.54) is 0 Å². The molecule has 0 aliphatic carbocycles. The molecule has 12 heteroatoms. The molecule has 3 fully saturated rings. The Morgan fingerprint density at radius 3 is 2.45 bits per heavy atom. The standard InChI is InChI=1S/C28H38N8O4/c1-28(2)39-22-6-5-21(17-23(22)40-28)19-29-32-24-18-26(34-13-15-38-16-14-34)31-25(30-24)20-33-9-11-36(12-10-33)27(37)35-7-3-4-8-35/h5-6,17-19H,3-4,7-16,20H2,1-2H3,(H,30,31,32). The number of morpholine rings is 1. The molecular weight excluding hydrogens is 512 g/mol. The molecule has 2 amide bonds. The van der Waals surface area contributed by atoms with Gasteiger partial charge in [0.1, 0.15) is 11.6 Å². The highest BCUT2D eigenvalue weighted by Gasteiger charge is 2.31. The van der Waals surface area contributed by atoms with Gasteiger partial charge in [0.25, 0.3) is 0 Å². The van der Waals surface area contributed by atoms with Gasteiger partial charge in [0, 0.05) is 72.3 Å². The fourth-order valence-electron chi connectivity index (χ4n) is 5.46. The van der Waals surface area contributed by atoms with Gasteiger partial charge in [-0.15, -0.1) is 0 Å². The maximum Gasteiger partial charge on any atom is 0.320 e. The van der Waals surface area contributed by atoms with Gasteiger partial charge in [0.05, 0.1) is 26.0 Å². The number of nitrogens with one attached hydrogen (secondary N) is 1. The Morgan fingerprint density at radius 1 is 0.950 bits per heavy atom. The molecule has 6 rings (SSSR count). The summed E-state index contributed by atoms with van der Waals surface area (Å²) in [6, 6.07) is 7.85. The SMILES string of the molecule is CC1(C)Oc2ccc(C=NNc3cc(N4CCOCC4)nc(CN4CCN(C(=O)N5CCCC5)CC4)n3)cc2O1. The van der Waals surface area contributed by atoms with Crippen molar-refractivity contribution in [3.8, 4) is 11.5 Å². The number of hydrogen-bond acceptors (Lipinski definition) is 10. The van der Waals surface area contributed by atoms with E-state index in [0.29, 0.717) is 31.3 Å². The number of carbonyl (C=O) groups excluding carboxylic acids is 1. The Labute approximate surface area is 234 Å². The molecule has 0 unspecified atom stereocenters. The lowest BCUT2D eigenvalue weighted by atomic mass is 10.2. The topological polar surface area (TPSA) is 108 Å². The highest BCUT2D eigenvalue weighted by Crippen LogP contribution is 2.39. The summed E-state index contributed by atoms with van der Waals surface area (Å²) in [6.45, 7) is 12.1. The first-order valence-electron chi connectivity index (χ1n) is 14.2. The predicted octanol–water partition coefficient (Wildman–Crippen LogP) is 2.60. The van der Waals surface area contributed by atoms with Crippen molar-refractivity contribution in [3.63, 3.8) is 0 Å². The molecule has 4 aliphatic heterocycles. The molecule has 4 aliphatic rings. The van der Waals surface area contributed by atoms with Crippen molar-refractivity contribution >= 4 is 23.9 Å². The minimum absolute atomic E-state index is 0.179. The number of nitrogens with zero attached hydrogens (tertiary/aromatic N) is 7. The van der Waals surface area contributed by atoms with Gasteiger partial charge in [-0.25, -0.2) is 14.8 Å². The smallest absolute Gasteiger partial charge is 0.320 e. The van der Waals surface area contributed by atoms with E-state index in [-0.39, 0.29) is 6.03 Å². The molecule has 3 saturated heterocycles. The fraction of sp³-hybridized carbons (Fsp3) is 0.571. The number of urea groups is 1. The molecule has 214 valence electrons. The normalized spacial score (nSPS) is 20.9. The van der Waals surface area contributed by atoms with Crippen LogP contribution in [0.15, 0.2) is 29.4 Å². The van der Waals surface area contributed by atoms with Crippen molar-refractivity contribution in [2.75, 3.05) is 75.9 Å². The average Bonchev–Trinajstić information content (AvgIpc) is 3.60. The van der Waals surface area contributed by atoms with Gasteiger partial charge < -0.3 is 28.9 Å². The molecule has 1 aromatic carbocycles. The Balaban J connectivity index is 1.12. The van der Waals surface area contributed by atoms with Gasteiger partial charge in [0.15, 0.2) is 17.3 Å². The summed E-state index contributed by atoms with van der Waals surface area (Å²) in [6.07, 6.45) is 3.96. The van der Waals surface area contributed by atoms with Gasteiger partial charge in [0.2, 0.25) is 5.79 Å². The third kappa shape index (κ3) is 6.23. The Morgan fingerprint density at radius 2 is 1.68 bits per heavy atom. The molecule has 40 heavy (non-hydrogen) atoms. The first kappa shape index (κ1) is 26.6. The van der Waals surface area contributed by atoms with Crippen LogP contribution in [0.2, 0.25) is 0 Å². The number of anilines is 2. The number of fused-ring (bicyclic) bond motifs is 1. The van der Waals surface area contributed by atoms with E-state index in [2.05, 4.69) is 20.3 Å². The van der Waals surface area contributed by atoms with Gasteiger partial charge in [-0.3, -0.25) is 10.3 Å². The first-order chi connectivity index (χ1) is 19.4. The molecule has 12 nitrogen and oxygen atoms in total. The second-order valence-corrected chi connectivity index (χ2v) is 11.0. The number of rotatable bonds is 6. The molecule has 1 aromatic heterocycles. The van der Waals surface area contributed by atoms with E-state index < -0.39 is 5.79 Å². The quantitative estimate of drug-likeness (QED) is 0.429. The largest absolute Gasteiger partial charge is 0.449 e. The van der Waals surface area contributed by atoms with Gasteiger partial charge in [-0.05, 0) is 36.6 Å². The minimum atomic E-state index is -0.667. The third-order valence-corrected chi connectivity index (χ3v) is 7.55. The van der Waals surface area contributed by atoms with Crippen LogP contribution >= 0.6 is 0 Å². The van der Waals surface area contributed by atoms with Crippen molar-refractivity contribution in [1.29, 1.82) is 0 Å². The highest BCUT2D eigenvalue weighted by molar-refractivity contribution is 5.81. The number of ether oxygens (including phenoxy) is 3. The van der Waals surface area contributed by atoms with Crippen molar-refractivity contribution < 1.29 is 19.0 Å². The van der Waals surface area contributed by atoms with E-state index >= 15 is 0 Å². The van der Waals surface area contributed by atoms with Crippen LogP contribution in [0, 0.1) is 0 Å². The zero-order valence-electron chi connectivity index (χ0n) is 23.3. The summed E-state index contributed by atoms with van der Waals surface area (Å²) in [5.74, 6) is 2.99. The summed E-state index contributed by atoms with van der Waals surface area (Å²) < 4.78 is 17.2. The van der Waals surface area contributed by atoms with E-state index in [4.69, 9.17) is 24.2 Å². The number of benzene rings is 1. The summed E-state index contributed by atoms with van der Waals surface area (Å²) >= 11 is 0. The zero-order chi connectivity index (χ0) is 27.5. The summed E-state index contributed by atoms with van der Waals surface area (Å²) in [5.41, 5.74) is 3.98. The zero-order valence-corrected chi connectivity index (χ0v) is 23.3. The summed E-state index contributed by atoms with van der Waals surface area (Å²) in [5, 5.41) is 4.45. The van der Waals surface area contributed by atoms with Crippen LogP contribution in [0.5, 0.6) is 11.5 Å². The van der Waals surface area contributed by atoms with Crippen molar-refractivity contribution in [3.05, 3.63) is 35.7 Å². The fourth-order valence-corrected chi connectivity index (χ4v) is 5.46. The molecule has 0 spiro atoms. The second kappa shape index (κ2) is 11.5. The molecule has 2 aromatic rings. The number of amides is 2. The molecule has 0 saturated carbocycles. The lowest BCUT2D eigenvalue weighted by Crippen LogP contribution is -2.52. The maximum absolute atomic E-state index is 12.8. The van der Waals surface area contributed by atoms with Crippen LogP contribution in [0.3, 0.4) is 0 Å². The van der Waals surface area contributed by atoms with Gasteiger partial charge in [-0.1, -0.05) is 0 Å². The summed E-state index contributed by atoms with van der Waals surface area (Å²) in [4.78, 5) is 30.9. The minimum Gasteiger partial charge on any atom is -0.449 e. The van der Waals surface area contributed by atoms with E-state index in [9.17, 15) is 4.79 Å². The molecular formula is C28H38N8O4. The molecule has 0 radical (unpaired) electrons. The van der Waals surface area contributed by atoms with Crippen LogP contribution in [-0.4, -0.2) is 108 Å². The van der Waals surface area contributed by atoms with E-state index in [1.807, 2.05) is 47.9 Å². The lowest BCUT2D eigenvalue weighted by Gasteiger charge is -2.36. The van der Waals surface area contributed by atoms with Gasteiger partial charge >= 0.3 is 6.03 Å². The Bertz CT molecular complexity index is 1230. The van der Waals surface area contributed by atoms with Gasteiger partial charge in [-0.2, -0.15) is 5.10 Å².